The standard InChI is InChI=1S/C22H23ClN6O2S/c1-22(2,31-16-7-5-15(23)6-8-16)21(30)24-9-10-29-20-18(13-28-29)19(26-14-27-20)25-12-17-4-3-11-32-17/h3-8,11,13-14H,9-10,12H2,1-2H3,(H,24,30)(H,25,26,27). The highest BCUT2D eigenvalue weighted by Gasteiger charge is 2.29. The van der Waals surface area contributed by atoms with Crippen molar-refractivity contribution in [3.8, 4) is 5.75 Å². The molecule has 0 spiro atoms. The lowest BCUT2D eigenvalue weighted by Crippen LogP contribution is -2.47. The minimum atomic E-state index is -1.04. The molecule has 4 aromatic rings. The Hall–Kier alpha value is -3.17. The van der Waals surface area contributed by atoms with Crippen LogP contribution in [0.5, 0.6) is 5.75 Å². The molecule has 10 heteroatoms. The summed E-state index contributed by atoms with van der Waals surface area (Å²) < 4.78 is 7.58. The molecular formula is C22H23ClN6O2S. The van der Waals surface area contributed by atoms with Gasteiger partial charge in [0.25, 0.3) is 5.91 Å². The van der Waals surface area contributed by atoms with Gasteiger partial charge in [-0.25, -0.2) is 14.6 Å². The van der Waals surface area contributed by atoms with Crippen LogP contribution in [0.25, 0.3) is 11.0 Å². The highest BCUT2D eigenvalue weighted by Crippen LogP contribution is 2.22. The molecule has 3 aromatic heterocycles. The topological polar surface area (TPSA) is 94.0 Å². The predicted octanol–water partition coefficient (Wildman–Crippen LogP) is 4.13. The quantitative estimate of drug-likeness (QED) is 0.382. The summed E-state index contributed by atoms with van der Waals surface area (Å²) >= 11 is 7.59. The number of hydrogen-bond acceptors (Lipinski definition) is 7. The Bertz CT molecular complexity index is 1190. The van der Waals surface area contributed by atoms with E-state index in [2.05, 4.69) is 31.8 Å². The summed E-state index contributed by atoms with van der Waals surface area (Å²) in [7, 11) is 0. The zero-order valence-corrected chi connectivity index (χ0v) is 19.3. The molecule has 8 nitrogen and oxygen atoms in total. The van der Waals surface area contributed by atoms with Crippen molar-refractivity contribution < 1.29 is 9.53 Å². The molecular weight excluding hydrogens is 448 g/mol. The summed E-state index contributed by atoms with van der Waals surface area (Å²) in [4.78, 5) is 22.6. The molecule has 0 saturated heterocycles. The molecule has 0 aliphatic carbocycles. The number of fused-ring (bicyclic) bond motifs is 1. The number of carbonyl (C=O) groups excluding carboxylic acids is 1. The van der Waals surface area contributed by atoms with Crippen molar-refractivity contribution in [1.82, 2.24) is 25.1 Å². The largest absolute Gasteiger partial charge is 0.478 e. The molecule has 3 heterocycles. The maximum Gasteiger partial charge on any atom is 0.263 e. The zero-order chi connectivity index (χ0) is 22.6. The number of halogens is 1. The number of rotatable bonds is 9. The first-order valence-electron chi connectivity index (χ1n) is 10.1. The first kappa shape index (κ1) is 22.0. The zero-order valence-electron chi connectivity index (χ0n) is 17.7. The normalized spacial score (nSPS) is 11.5. The molecule has 4 rings (SSSR count). The highest BCUT2D eigenvalue weighted by molar-refractivity contribution is 7.09. The summed E-state index contributed by atoms with van der Waals surface area (Å²) in [6.07, 6.45) is 3.25. The van der Waals surface area contributed by atoms with Crippen LogP contribution in [0, 0.1) is 0 Å². The van der Waals surface area contributed by atoms with Crippen molar-refractivity contribution in [3.05, 3.63) is 64.2 Å². The van der Waals surface area contributed by atoms with Crippen LogP contribution in [0.2, 0.25) is 5.02 Å². The first-order chi connectivity index (χ1) is 15.4. The Labute approximate surface area is 194 Å². The third-order valence-electron chi connectivity index (χ3n) is 4.79. The second-order valence-corrected chi connectivity index (χ2v) is 9.05. The molecule has 32 heavy (non-hydrogen) atoms. The number of nitrogens with zero attached hydrogens (tertiary/aromatic N) is 4. The van der Waals surface area contributed by atoms with Gasteiger partial charge in [-0.15, -0.1) is 11.3 Å². The molecule has 0 saturated carbocycles. The fourth-order valence-electron chi connectivity index (χ4n) is 3.11. The summed E-state index contributed by atoms with van der Waals surface area (Å²) in [5.41, 5.74) is -0.333. The second kappa shape index (κ2) is 9.54. The Balaban J connectivity index is 1.35. The Kier molecular flexibility index (Phi) is 6.57. The van der Waals surface area contributed by atoms with Crippen molar-refractivity contribution in [2.45, 2.75) is 32.5 Å². The van der Waals surface area contributed by atoms with Gasteiger partial charge in [0.05, 0.1) is 24.7 Å². The summed E-state index contributed by atoms with van der Waals surface area (Å²) in [6, 6.07) is 11.0. The van der Waals surface area contributed by atoms with E-state index in [0.717, 1.165) is 11.2 Å². The van der Waals surface area contributed by atoms with E-state index in [1.165, 1.54) is 11.2 Å². The van der Waals surface area contributed by atoms with Gasteiger partial charge >= 0.3 is 0 Å². The van der Waals surface area contributed by atoms with Crippen LogP contribution in [-0.4, -0.2) is 37.8 Å². The van der Waals surface area contributed by atoms with Gasteiger partial charge in [-0.2, -0.15) is 5.10 Å². The van der Waals surface area contributed by atoms with Crippen LogP contribution in [0.1, 0.15) is 18.7 Å². The highest BCUT2D eigenvalue weighted by atomic mass is 35.5. The van der Waals surface area contributed by atoms with Gasteiger partial charge in [-0.05, 0) is 49.6 Å². The van der Waals surface area contributed by atoms with Crippen molar-refractivity contribution >= 4 is 45.7 Å². The van der Waals surface area contributed by atoms with Gasteiger partial charge in [0.15, 0.2) is 11.2 Å². The molecule has 1 amide bonds. The van der Waals surface area contributed by atoms with E-state index < -0.39 is 5.60 Å². The fourth-order valence-corrected chi connectivity index (χ4v) is 3.88. The van der Waals surface area contributed by atoms with E-state index in [4.69, 9.17) is 16.3 Å². The first-order valence-corrected chi connectivity index (χ1v) is 11.3. The van der Waals surface area contributed by atoms with Gasteiger partial charge in [0, 0.05) is 16.4 Å². The van der Waals surface area contributed by atoms with Crippen molar-refractivity contribution in [2.75, 3.05) is 11.9 Å². The number of amides is 1. The number of ether oxygens (including phenoxy) is 1. The predicted molar refractivity (Wildman–Crippen MR) is 126 cm³/mol. The van der Waals surface area contributed by atoms with Gasteiger partial charge in [-0.3, -0.25) is 4.79 Å². The van der Waals surface area contributed by atoms with Crippen LogP contribution in [-0.2, 0) is 17.9 Å². The molecule has 1 aromatic carbocycles. The molecule has 0 bridgehead atoms. The van der Waals surface area contributed by atoms with Gasteiger partial charge in [0.2, 0.25) is 0 Å². The van der Waals surface area contributed by atoms with Crippen LogP contribution < -0.4 is 15.4 Å². The van der Waals surface area contributed by atoms with E-state index >= 15 is 0 Å². The molecule has 0 radical (unpaired) electrons. The molecule has 0 fully saturated rings. The molecule has 166 valence electrons. The van der Waals surface area contributed by atoms with Crippen molar-refractivity contribution in [3.63, 3.8) is 0 Å². The molecule has 0 aliphatic rings. The fraction of sp³-hybridized carbons (Fsp3) is 0.273. The number of thiophene rings is 1. The third-order valence-corrected chi connectivity index (χ3v) is 5.91. The van der Waals surface area contributed by atoms with Crippen molar-refractivity contribution in [1.29, 1.82) is 0 Å². The number of nitrogens with one attached hydrogen (secondary N) is 2. The molecule has 0 aliphatic heterocycles. The third kappa shape index (κ3) is 5.17. The average molecular weight is 471 g/mol. The van der Waals surface area contributed by atoms with Crippen molar-refractivity contribution in [2.24, 2.45) is 0 Å². The molecule has 2 N–H and O–H groups in total. The number of aromatic nitrogens is 4. The number of benzene rings is 1. The number of anilines is 1. The van der Waals surface area contributed by atoms with E-state index in [0.29, 0.717) is 36.1 Å². The summed E-state index contributed by atoms with van der Waals surface area (Å²) in [5.74, 6) is 1.08. The number of carbonyl (C=O) groups is 1. The van der Waals surface area contributed by atoms with E-state index in [-0.39, 0.29) is 5.91 Å². The average Bonchev–Trinajstić information content (AvgIpc) is 3.44. The lowest BCUT2D eigenvalue weighted by atomic mass is 10.1. The molecule has 0 unspecified atom stereocenters. The van der Waals surface area contributed by atoms with E-state index in [1.54, 1.807) is 60.3 Å². The maximum atomic E-state index is 12.7. The van der Waals surface area contributed by atoms with Crippen LogP contribution in [0.15, 0.2) is 54.3 Å². The van der Waals surface area contributed by atoms with Crippen LogP contribution in [0.3, 0.4) is 0 Å². The van der Waals surface area contributed by atoms with Gasteiger partial charge in [-0.1, -0.05) is 17.7 Å². The Morgan fingerprint density at radius 1 is 1.22 bits per heavy atom. The second-order valence-electron chi connectivity index (χ2n) is 7.58. The summed E-state index contributed by atoms with van der Waals surface area (Å²) in [6.45, 7) is 4.98. The monoisotopic (exact) mass is 470 g/mol. The molecule has 0 atom stereocenters. The number of hydrogen-bond donors (Lipinski definition) is 2. The maximum absolute atomic E-state index is 12.7. The van der Waals surface area contributed by atoms with Gasteiger partial charge < -0.3 is 15.4 Å². The minimum absolute atomic E-state index is 0.225. The van der Waals surface area contributed by atoms with Crippen LogP contribution >= 0.6 is 22.9 Å². The van der Waals surface area contributed by atoms with E-state index in [1.807, 2.05) is 11.4 Å². The lowest BCUT2D eigenvalue weighted by Gasteiger charge is -2.25. The van der Waals surface area contributed by atoms with Gasteiger partial charge in [0.1, 0.15) is 17.9 Å². The summed E-state index contributed by atoms with van der Waals surface area (Å²) in [5, 5.41) is 14.1. The van der Waals surface area contributed by atoms with Crippen LogP contribution in [0.4, 0.5) is 5.82 Å². The smallest absolute Gasteiger partial charge is 0.263 e. The Morgan fingerprint density at radius 2 is 2.03 bits per heavy atom. The SMILES string of the molecule is CC(C)(Oc1ccc(Cl)cc1)C(=O)NCCn1ncc2c(NCc3cccs3)ncnc21. The Morgan fingerprint density at radius 3 is 2.78 bits per heavy atom. The van der Waals surface area contributed by atoms with E-state index in [9.17, 15) is 4.79 Å². The lowest BCUT2D eigenvalue weighted by molar-refractivity contribution is -0.134. The minimum Gasteiger partial charge on any atom is -0.478 e.